The Morgan fingerprint density at radius 2 is 0.786 bits per heavy atom. The van der Waals surface area contributed by atoms with Gasteiger partial charge in [-0.15, -0.1) is 0 Å². The van der Waals surface area contributed by atoms with Crippen molar-refractivity contribution in [1.82, 2.24) is 0 Å². The predicted octanol–water partition coefficient (Wildman–Crippen LogP) is 15.3. The highest BCUT2D eigenvalue weighted by Gasteiger charge is 2.19. The molecule has 3 heterocycles. The van der Waals surface area contributed by atoms with E-state index in [9.17, 15) is 0 Å². The van der Waals surface area contributed by atoms with E-state index in [1.807, 2.05) is 36.4 Å². The summed E-state index contributed by atoms with van der Waals surface area (Å²) < 4.78 is 19.3. The number of nitrogens with zero attached hydrogens (tertiary/aromatic N) is 1. The molecule has 0 saturated carbocycles. The van der Waals surface area contributed by atoms with Crippen molar-refractivity contribution >= 4 is 93.7 Å². The summed E-state index contributed by atoms with van der Waals surface area (Å²) in [4.78, 5) is 2.29. The molecule has 0 bridgehead atoms. The SMILES string of the molecule is c1cc(-c2ccc(N(c3ccc(-c4cccc5c4oc4ccccc45)cc3)c3ccc4c(c3)oc3ccccc34)cc2)c2c(c1)ccc1c3ccccc3oc12. The monoisotopic (exact) mass is 717 g/mol. The van der Waals surface area contributed by atoms with Gasteiger partial charge in [0.05, 0.1) is 0 Å². The summed E-state index contributed by atoms with van der Waals surface area (Å²) in [5.74, 6) is 0. The molecule has 262 valence electrons. The lowest BCUT2D eigenvalue weighted by Crippen LogP contribution is -2.09. The van der Waals surface area contributed by atoms with Crippen LogP contribution in [0.25, 0.3) is 98.8 Å². The molecule has 0 N–H and O–H groups in total. The normalized spacial score (nSPS) is 11.9. The average Bonchev–Trinajstić information content (AvgIpc) is 3.95. The van der Waals surface area contributed by atoms with E-state index in [2.05, 4.69) is 157 Å². The van der Waals surface area contributed by atoms with Gasteiger partial charge in [0.2, 0.25) is 0 Å². The zero-order valence-corrected chi connectivity index (χ0v) is 30.1. The van der Waals surface area contributed by atoms with Crippen molar-refractivity contribution in [1.29, 1.82) is 0 Å². The third-order valence-electron chi connectivity index (χ3n) is 11.3. The summed E-state index contributed by atoms with van der Waals surface area (Å²) in [6, 6.07) is 66.1. The summed E-state index contributed by atoms with van der Waals surface area (Å²) in [5, 5.41) is 8.99. The minimum Gasteiger partial charge on any atom is -0.456 e. The van der Waals surface area contributed by atoms with Crippen molar-refractivity contribution < 1.29 is 13.3 Å². The molecular weight excluding hydrogens is 687 g/mol. The maximum Gasteiger partial charge on any atom is 0.143 e. The molecular formula is C52H31NO3. The highest BCUT2D eigenvalue weighted by Crippen LogP contribution is 2.43. The van der Waals surface area contributed by atoms with Gasteiger partial charge in [-0.25, -0.2) is 0 Å². The van der Waals surface area contributed by atoms with E-state index in [1.54, 1.807) is 0 Å². The Morgan fingerprint density at radius 1 is 0.304 bits per heavy atom. The van der Waals surface area contributed by atoms with Gasteiger partial charge in [0.15, 0.2) is 0 Å². The molecule has 0 unspecified atom stereocenters. The van der Waals surface area contributed by atoms with Crippen molar-refractivity contribution in [2.45, 2.75) is 0 Å². The van der Waals surface area contributed by atoms with Gasteiger partial charge in [-0.05, 0) is 82.7 Å². The van der Waals surface area contributed by atoms with Crippen molar-refractivity contribution in [2.24, 2.45) is 0 Å². The highest BCUT2D eigenvalue weighted by atomic mass is 16.3. The summed E-state index contributed by atoms with van der Waals surface area (Å²) in [6.07, 6.45) is 0. The minimum atomic E-state index is 0.851. The first-order valence-electron chi connectivity index (χ1n) is 18.9. The number of hydrogen-bond acceptors (Lipinski definition) is 4. The second kappa shape index (κ2) is 12.0. The molecule has 0 aliphatic carbocycles. The average molecular weight is 718 g/mol. The predicted molar refractivity (Wildman–Crippen MR) is 231 cm³/mol. The Hall–Kier alpha value is -7.56. The van der Waals surface area contributed by atoms with E-state index < -0.39 is 0 Å². The van der Waals surface area contributed by atoms with Crippen molar-refractivity contribution in [3.63, 3.8) is 0 Å². The number of benzene rings is 9. The molecule has 3 aromatic heterocycles. The Morgan fingerprint density at radius 3 is 1.48 bits per heavy atom. The van der Waals surface area contributed by atoms with Crippen LogP contribution in [0, 0.1) is 0 Å². The molecule has 0 atom stereocenters. The van der Waals surface area contributed by atoms with E-state index in [0.29, 0.717) is 0 Å². The van der Waals surface area contributed by atoms with Crippen molar-refractivity contribution in [3.05, 3.63) is 188 Å². The van der Waals surface area contributed by atoms with Crippen LogP contribution in [0.5, 0.6) is 0 Å². The van der Waals surface area contributed by atoms with E-state index in [0.717, 1.165) is 116 Å². The van der Waals surface area contributed by atoms with Crippen LogP contribution in [-0.4, -0.2) is 0 Å². The lowest BCUT2D eigenvalue weighted by atomic mass is 9.96. The smallest absolute Gasteiger partial charge is 0.143 e. The van der Waals surface area contributed by atoms with Crippen molar-refractivity contribution in [2.75, 3.05) is 4.90 Å². The third-order valence-corrected chi connectivity index (χ3v) is 11.3. The van der Waals surface area contributed by atoms with Crippen LogP contribution >= 0.6 is 0 Å². The van der Waals surface area contributed by atoms with Crippen LogP contribution in [0.3, 0.4) is 0 Å². The second-order valence-corrected chi connectivity index (χ2v) is 14.4. The van der Waals surface area contributed by atoms with Gasteiger partial charge in [0, 0.05) is 66.4 Å². The maximum atomic E-state index is 6.52. The highest BCUT2D eigenvalue weighted by molar-refractivity contribution is 6.19. The van der Waals surface area contributed by atoms with Crippen LogP contribution in [0.2, 0.25) is 0 Å². The van der Waals surface area contributed by atoms with Gasteiger partial charge >= 0.3 is 0 Å². The molecule has 9 aromatic carbocycles. The molecule has 0 radical (unpaired) electrons. The van der Waals surface area contributed by atoms with Crippen molar-refractivity contribution in [3.8, 4) is 22.3 Å². The van der Waals surface area contributed by atoms with Crippen LogP contribution in [0.4, 0.5) is 17.1 Å². The number of anilines is 3. The topological polar surface area (TPSA) is 42.7 Å². The van der Waals surface area contributed by atoms with Crippen LogP contribution in [-0.2, 0) is 0 Å². The summed E-state index contributed by atoms with van der Waals surface area (Å²) >= 11 is 0. The first-order valence-corrected chi connectivity index (χ1v) is 18.9. The fourth-order valence-electron chi connectivity index (χ4n) is 8.65. The molecule has 0 amide bonds. The van der Waals surface area contributed by atoms with E-state index in [1.165, 1.54) is 0 Å². The molecule has 56 heavy (non-hydrogen) atoms. The summed E-state index contributed by atoms with van der Waals surface area (Å²) in [6.45, 7) is 0. The summed E-state index contributed by atoms with van der Waals surface area (Å²) in [5.41, 5.74) is 12.8. The molecule has 0 spiro atoms. The van der Waals surface area contributed by atoms with Gasteiger partial charge in [0.25, 0.3) is 0 Å². The first-order chi connectivity index (χ1) is 27.7. The zero-order valence-electron chi connectivity index (χ0n) is 30.1. The van der Waals surface area contributed by atoms with Crippen LogP contribution in [0.15, 0.2) is 201 Å². The maximum absolute atomic E-state index is 6.52. The number of furan rings is 3. The number of fused-ring (bicyclic) bond motifs is 11. The van der Waals surface area contributed by atoms with Crippen LogP contribution in [0.1, 0.15) is 0 Å². The Balaban J connectivity index is 0.993. The lowest BCUT2D eigenvalue weighted by molar-refractivity contribution is 0.669. The molecule has 0 aliphatic heterocycles. The molecule has 0 aliphatic rings. The third kappa shape index (κ3) is 4.66. The van der Waals surface area contributed by atoms with Crippen LogP contribution < -0.4 is 4.90 Å². The minimum absolute atomic E-state index is 0.851. The molecule has 0 fully saturated rings. The molecule has 12 rings (SSSR count). The van der Waals surface area contributed by atoms with Gasteiger partial charge in [-0.3, -0.25) is 0 Å². The van der Waals surface area contributed by atoms with Gasteiger partial charge in [0.1, 0.15) is 33.5 Å². The summed E-state index contributed by atoms with van der Waals surface area (Å²) in [7, 11) is 0. The van der Waals surface area contributed by atoms with E-state index in [4.69, 9.17) is 13.3 Å². The second-order valence-electron chi connectivity index (χ2n) is 14.4. The Labute approximate surface area is 321 Å². The Kier molecular flexibility index (Phi) is 6.60. The van der Waals surface area contributed by atoms with Gasteiger partial charge in [-0.1, -0.05) is 121 Å². The number of hydrogen-bond donors (Lipinski definition) is 0. The van der Waals surface area contributed by atoms with Gasteiger partial charge in [-0.2, -0.15) is 0 Å². The first kappa shape index (κ1) is 30.9. The van der Waals surface area contributed by atoms with E-state index >= 15 is 0 Å². The number of para-hydroxylation sites is 4. The largest absolute Gasteiger partial charge is 0.456 e. The fraction of sp³-hybridized carbons (Fsp3) is 0. The van der Waals surface area contributed by atoms with E-state index in [-0.39, 0.29) is 0 Å². The molecule has 4 nitrogen and oxygen atoms in total. The quantitative estimate of drug-likeness (QED) is 0.178. The van der Waals surface area contributed by atoms with Gasteiger partial charge < -0.3 is 18.2 Å². The standard InChI is InChI=1S/C52H31NO3/c1-4-16-46-40(10-1)43-30-28-37(31-49(43)54-46)53(36-26-21-33(22-27-36)39-14-8-15-44-41-11-2-5-17-47(41)55-51(39)44)35-24-19-32(20-25-35)38-13-7-9-34-23-29-45-42-12-3-6-18-48(42)56-52(45)50(34)38/h1-31H. The molecule has 4 heteroatoms. The lowest BCUT2D eigenvalue weighted by Gasteiger charge is -2.26. The fourth-order valence-corrected chi connectivity index (χ4v) is 8.65. The zero-order chi connectivity index (χ0) is 36.7. The number of rotatable bonds is 5. The molecule has 0 saturated heterocycles. The molecule has 12 aromatic rings. The Bertz CT molecular complexity index is 3470.